The number of aryl methyl sites for hydroxylation is 3. The average Bonchev–Trinajstić information content (AvgIpc) is 3.34. The minimum atomic E-state index is -3.47. The first kappa shape index (κ1) is 20.0. The van der Waals surface area contributed by atoms with Gasteiger partial charge in [0.15, 0.2) is 9.84 Å². The predicted octanol–water partition coefficient (Wildman–Crippen LogP) is 4.14. The second-order valence-corrected chi connectivity index (χ2v) is 10.0. The van der Waals surface area contributed by atoms with E-state index in [9.17, 15) is 8.42 Å². The maximum absolute atomic E-state index is 13.1. The molecule has 0 spiro atoms. The molecule has 1 saturated heterocycles. The fourth-order valence-electron chi connectivity index (χ4n) is 3.88. The van der Waals surface area contributed by atoms with Gasteiger partial charge in [-0.15, -0.1) is 0 Å². The summed E-state index contributed by atoms with van der Waals surface area (Å²) in [6, 6.07) is 19.0. The summed E-state index contributed by atoms with van der Waals surface area (Å²) in [6.45, 7) is 3.86. The Morgan fingerprint density at radius 3 is 2.59 bits per heavy atom. The lowest BCUT2D eigenvalue weighted by atomic mass is 10.1. The highest BCUT2D eigenvalue weighted by Crippen LogP contribution is 2.31. The average molecular weight is 430 g/mol. The zero-order valence-electron chi connectivity index (χ0n) is 16.3. The molecule has 4 rings (SSSR count). The molecule has 0 aliphatic carbocycles. The molecule has 1 aliphatic heterocycles. The normalized spacial score (nSPS) is 17.0. The predicted molar refractivity (Wildman–Crippen MR) is 116 cm³/mol. The van der Waals surface area contributed by atoms with E-state index in [0.717, 1.165) is 24.5 Å². The van der Waals surface area contributed by atoms with E-state index in [1.807, 2.05) is 35.9 Å². The summed E-state index contributed by atoms with van der Waals surface area (Å²) in [5.74, 6) is 0.982. The molecule has 152 valence electrons. The van der Waals surface area contributed by atoms with Gasteiger partial charge >= 0.3 is 0 Å². The molecule has 29 heavy (non-hydrogen) atoms. The van der Waals surface area contributed by atoms with Crippen LogP contribution in [0.1, 0.15) is 17.7 Å². The molecule has 2 aromatic carbocycles. The number of nitrogens with zero attached hydrogens (tertiary/aromatic N) is 3. The van der Waals surface area contributed by atoms with E-state index >= 15 is 0 Å². The lowest BCUT2D eigenvalue weighted by Gasteiger charge is -2.20. The molecule has 1 aromatic heterocycles. The largest absolute Gasteiger partial charge is 0.355 e. The zero-order chi connectivity index (χ0) is 20.4. The lowest BCUT2D eigenvalue weighted by molar-refractivity contribution is 0.582. The molecule has 0 saturated carbocycles. The van der Waals surface area contributed by atoms with Crippen LogP contribution in [0.15, 0.2) is 65.6 Å². The van der Waals surface area contributed by atoms with Crippen molar-refractivity contribution in [2.75, 3.05) is 18.0 Å². The molecule has 1 aliphatic rings. The fraction of sp³-hybridized carbons (Fsp3) is 0.318. The van der Waals surface area contributed by atoms with Crippen LogP contribution in [0.2, 0.25) is 5.02 Å². The smallest absolute Gasteiger partial charge is 0.184 e. The quantitative estimate of drug-likeness (QED) is 0.591. The molecular formula is C22H24ClN3O2S. The molecule has 0 N–H and O–H groups in total. The number of halogens is 1. The topological polar surface area (TPSA) is 55.2 Å². The first-order valence-corrected chi connectivity index (χ1v) is 11.7. The summed E-state index contributed by atoms with van der Waals surface area (Å²) in [4.78, 5) is 2.35. The second-order valence-electron chi connectivity index (χ2n) is 7.43. The number of benzene rings is 2. The van der Waals surface area contributed by atoms with E-state index in [1.165, 1.54) is 5.56 Å². The van der Waals surface area contributed by atoms with Crippen LogP contribution in [0.3, 0.4) is 0 Å². The van der Waals surface area contributed by atoms with E-state index in [4.69, 9.17) is 11.6 Å². The molecule has 1 atom stereocenters. The van der Waals surface area contributed by atoms with Crippen LogP contribution in [0.5, 0.6) is 0 Å². The van der Waals surface area contributed by atoms with Gasteiger partial charge in [-0.05, 0) is 37.5 Å². The van der Waals surface area contributed by atoms with Crippen molar-refractivity contribution < 1.29 is 8.42 Å². The first-order valence-electron chi connectivity index (χ1n) is 9.77. The number of sulfone groups is 1. The molecular weight excluding hydrogens is 406 g/mol. The van der Waals surface area contributed by atoms with Crippen LogP contribution in [-0.4, -0.2) is 36.5 Å². The maximum Gasteiger partial charge on any atom is 0.184 e. The van der Waals surface area contributed by atoms with Crippen LogP contribution in [0.25, 0.3) is 0 Å². The first-order chi connectivity index (χ1) is 13.9. The molecule has 0 radical (unpaired) electrons. The summed E-state index contributed by atoms with van der Waals surface area (Å²) in [6.07, 6.45) is 1.46. The van der Waals surface area contributed by atoms with Crippen molar-refractivity contribution in [2.24, 2.45) is 0 Å². The van der Waals surface area contributed by atoms with Crippen molar-refractivity contribution in [3.8, 4) is 0 Å². The molecule has 0 bridgehead atoms. The van der Waals surface area contributed by atoms with Gasteiger partial charge in [-0.25, -0.2) is 13.1 Å². The Bertz CT molecular complexity index is 1100. The zero-order valence-corrected chi connectivity index (χ0v) is 17.9. The van der Waals surface area contributed by atoms with E-state index < -0.39 is 15.1 Å². The Hall–Kier alpha value is -2.31. The number of hydrogen-bond donors (Lipinski definition) is 0. The highest BCUT2D eigenvalue weighted by molar-refractivity contribution is 7.92. The number of anilines is 1. The molecule has 5 nitrogen and oxygen atoms in total. The molecule has 7 heteroatoms. The summed E-state index contributed by atoms with van der Waals surface area (Å²) in [5, 5.41) is 4.45. The van der Waals surface area contributed by atoms with Crippen LogP contribution < -0.4 is 4.90 Å². The van der Waals surface area contributed by atoms with Gasteiger partial charge < -0.3 is 4.90 Å². The van der Waals surface area contributed by atoms with Crippen molar-refractivity contribution in [3.05, 3.63) is 76.9 Å². The monoisotopic (exact) mass is 429 g/mol. The second kappa shape index (κ2) is 8.20. The van der Waals surface area contributed by atoms with Gasteiger partial charge in [-0.1, -0.05) is 54.1 Å². The Morgan fingerprint density at radius 2 is 1.83 bits per heavy atom. The minimum absolute atomic E-state index is 0.224. The third-order valence-corrected chi connectivity index (χ3v) is 8.06. The van der Waals surface area contributed by atoms with Gasteiger partial charge in [0.2, 0.25) is 0 Å². The third-order valence-electron chi connectivity index (χ3n) is 5.39. The van der Waals surface area contributed by atoms with Crippen LogP contribution >= 0.6 is 11.6 Å². The van der Waals surface area contributed by atoms with Crippen molar-refractivity contribution >= 4 is 27.3 Å². The van der Waals surface area contributed by atoms with Gasteiger partial charge in [-0.3, -0.25) is 0 Å². The highest BCUT2D eigenvalue weighted by atomic mass is 35.5. The Morgan fingerprint density at radius 1 is 1.10 bits per heavy atom. The molecule has 2 heterocycles. The summed E-state index contributed by atoms with van der Waals surface area (Å²) >= 11 is 6.16. The van der Waals surface area contributed by atoms with Gasteiger partial charge in [0.05, 0.1) is 20.9 Å². The SMILES string of the molecule is Cc1cc(N2CCC(S(=O)(=O)c3ccccc3Cl)C2)n(CCc2ccccc2)n1. The van der Waals surface area contributed by atoms with Gasteiger partial charge in [0.25, 0.3) is 0 Å². The Balaban J connectivity index is 1.51. The molecule has 0 amide bonds. The molecule has 1 unspecified atom stereocenters. The van der Waals surface area contributed by atoms with Crippen molar-refractivity contribution in [1.29, 1.82) is 0 Å². The van der Waals surface area contributed by atoms with E-state index in [2.05, 4.69) is 22.1 Å². The van der Waals surface area contributed by atoms with Crippen molar-refractivity contribution in [3.63, 3.8) is 0 Å². The summed E-state index contributed by atoms with van der Waals surface area (Å²) in [7, 11) is -3.47. The van der Waals surface area contributed by atoms with E-state index in [0.29, 0.717) is 19.5 Å². The van der Waals surface area contributed by atoms with Gasteiger partial charge in [0.1, 0.15) is 5.82 Å². The molecule has 1 fully saturated rings. The fourth-order valence-corrected chi connectivity index (χ4v) is 6.09. The van der Waals surface area contributed by atoms with Crippen LogP contribution in [0.4, 0.5) is 5.82 Å². The van der Waals surface area contributed by atoms with Crippen LogP contribution in [-0.2, 0) is 22.8 Å². The highest BCUT2D eigenvalue weighted by Gasteiger charge is 2.36. The van der Waals surface area contributed by atoms with E-state index in [-0.39, 0.29) is 9.92 Å². The minimum Gasteiger partial charge on any atom is -0.355 e. The standard InChI is InChI=1S/C22H24ClN3O2S/c1-17-15-22(26(24-17)14-11-18-7-3-2-4-8-18)25-13-12-19(16-25)29(27,28)21-10-6-5-9-20(21)23/h2-10,15,19H,11-14,16H2,1H3. The lowest BCUT2D eigenvalue weighted by Crippen LogP contribution is -2.28. The van der Waals surface area contributed by atoms with Gasteiger partial charge in [0, 0.05) is 25.7 Å². The number of aromatic nitrogens is 2. The molecule has 3 aromatic rings. The Labute approximate surface area is 176 Å². The number of rotatable bonds is 6. The maximum atomic E-state index is 13.1. The third kappa shape index (κ3) is 4.19. The summed E-state index contributed by atoms with van der Waals surface area (Å²) < 4.78 is 28.2. The summed E-state index contributed by atoms with van der Waals surface area (Å²) in [5.41, 5.74) is 2.19. The van der Waals surface area contributed by atoms with E-state index in [1.54, 1.807) is 24.3 Å². The number of hydrogen-bond acceptors (Lipinski definition) is 4. The van der Waals surface area contributed by atoms with Crippen molar-refractivity contribution in [1.82, 2.24) is 9.78 Å². The van der Waals surface area contributed by atoms with Crippen LogP contribution in [0, 0.1) is 6.92 Å². The van der Waals surface area contributed by atoms with Gasteiger partial charge in [-0.2, -0.15) is 5.10 Å². The van der Waals surface area contributed by atoms with Crippen molar-refractivity contribution in [2.45, 2.75) is 36.5 Å². The Kier molecular flexibility index (Phi) is 5.65.